The minimum Gasteiger partial charge on any atom is -0.292 e. The van der Waals surface area contributed by atoms with Gasteiger partial charge in [0, 0.05) is 12.0 Å². The van der Waals surface area contributed by atoms with E-state index in [2.05, 4.69) is 11.4 Å². The minimum absolute atomic E-state index is 0.0264. The number of carbonyl (C=O) groups is 2. The van der Waals surface area contributed by atoms with Crippen molar-refractivity contribution in [1.82, 2.24) is 5.32 Å². The molecule has 0 saturated heterocycles. The second kappa shape index (κ2) is 6.14. The van der Waals surface area contributed by atoms with Crippen molar-refractivity contribution in [2.75, 3.05) is 0 Å². The number of imide groups is 1. The molecular weight excluding hydrogens is 240 g/mol. The molecule has 0 unspecified atom stereocenters. The van der Waals surface area contributed by atoms with E-state index in [9.17, 15) is 9.59 Å². The molecular formula is C15H18N2O2. The Labute approximate surface area is 113 Å². The molecule has 1 aromatic carbocycles. The third kappa shape index (κ3) is 4.55. The molecule has 0 fully saturated rings. The first-order valence-corrected chi connectivity index (χ1v) is 6.13. The Bertz CT molecular complexity index is 495. The summed E-state index contributed by atoms with van der Waals surface area (Å²) in [5.74, 6) is -1.28. The lowest BCUT2D eigenvalue weighted by Crippen LogP contribution is -2.34. The van der Waals surface area contributed by atoms with Gasteiger partial charge in [-0.2, -0.15) is 5.26 Å². The van der Waals surface area contributed by atoms with Crippen LogP contribution in [-0.4, -0.2) is 11.8 Å². The number of nitrogens with zero attached hydrogens (tertiary/aromatic N) is 1. The molecule has 0 spiro atoms. The summed E-state index contributed by atoms with van der Waals surface area (Å²) in [6.45, 7) is 5.69. The van der Waals surface area contributed by atoms with Crippen LogP contribution in [0, 0.1) is 22.7 Å². The van der Waals surface area contributed by atoms with Gasteiger partial charge in [-0.25, -0.2) is 0 Å². The van der Waals surface area contributed by atoms with Gasteiger partial charge in [-0.05, 0) is 17.5 Å². The van der Waals surface area contributed by atoms with E-state index in [1.807, 2.05) is 20.8 Å². The van der Waals surface area contributed by atoms with Gasteiger partial charge in [-0.1, -0.05) is 39.0 Å². The molecule has 1 rings (SSSR count). The largest absolute Gasteiger partial charge is 0.292 e. The third-order valence-electron chi connectivity index (χ3n) is 2.88. The van der Waals surface area contributed by atoms with Gasteiger partial charge in [0.2, 0.25) is 5.91 Å². The van der Waals surface area contributed by atoms with E-state index < -0.39 is 17.7 Å². The number of nitrogens with one attached hydrogen (secondary N) is 1. The van der Waals surface area contributed by atoms with Crippen molar-refractivity contribution < 1.29 is 9.59 Å². The highest BCUT2D eigenvalue weighted by atomic mass is 16.2. The fourth-order valence-corrected chi connectivity index (χ4v) is 1.57. The minimum atomic E-state index is -0.434. The molecule has 0 radical (unpaired) electrons. The van der Waals surface area contributed by atoms with Gasteiger partial charge in [-0.3, -0.25) is 14.9 Å². The Morgan fingerprint density at radius 2 is 1.84 bits per heavy atom. The first-order chi connectivity index (χ1) is 8.84. The summed E-state index contributed by atoms with van der Waals surface area (Å²) >= 11 is 0. The van der Waals surface area contributed by atoms with Crippen LogP contribution in [0.15, 0.2) is 30.3 Å². The van der Waals surface area contributed by atoms with E-state index >= 15 is 0 Å². The summed E-state index contributed by atoms with van der Waals surface area (Å²) in [5, 5.41) is 11.4. The van der Waals surface area contributed by atoms with E-state index in [1.54, 1.807) is 30.3 Å². The first-order valence-electron chi connectivity index (χ1n) is 6.13. The molecule has 19 heavy (non-hydrogen) atoms. The van der Waals surface area contributed by atoms with Gasteiger partial charge in [0.25, 0.3) is 5.91 Å². The fourth-order valence-electron chi connectivity index (χ4n) is 1.57. The number of amides is 2. The Morgan fingerprint density at radius 3 is 2.32 bits per heavy atom. The zero-order valence-corrected chi connectivity index (χ0v) is 11.4. The average Bonchev–Trinajstić information content (AvgIpc) is 2.35. The molecule has 0 heterocycles. The van der Waals surface area contributed by atoms with E-state index in [0.717, 1.165) is 0 Å². The van der Waals surface area contributed by atoms with Crippen LogP contribution in [0.5, 0.6) is 0 Å². The molecule has 0 aromatic heterocycles. The Kier molecular flexibility index (Phi) is 4.82. The van der Waals surface area contributed by atoms with Crippen LogP contribution in [-0.2, 0) is 4.79 Å². The molecule has 1 aromatic rings. The summed E-state index contributed by atoms with van der Waals surface area (Å²) in [5.41, 5.74) is 0.141. The van der Waals surface area contributed by atoms with Crippen molar-refractivity contribution in [3.8, 4) is 6.07 Å². The smallest absolute Gasteiger partial charge is 0.257 e. The molecule has 0 aliphatic carbocycles. The van der Waals surface area contributed by atoms with Gasteiger partial charge < -0.3 is 0 Å². The normalized spacial score (nSPS) is 12.3. The van der Waals surface area contributed by atoms with Crippen LogP contribution in [0.4, 0.5) is 0 Å². The Balaban J connectivity index is 2.62. The molecule has 0 bridgehead atoms. The monoisotopic (exact) mass is 258 g/mol. The van der Waals surface area contributed by atoms with Gasteiger partial charge >= 0.3 is 0 Å². The molecule has 4 heteroatoms. The molecule has 1 N–H and O–H groups in total. The maximum absolute atomic E-state index is 11.8. The number of hydrogen-bond donors (Lipinski definition) is 1. The summed E-state index contributed by atoms with van der Waals surface area (Å²) < 4.78 is 0. The summed E-state index contributed by atoms with van der Waals surface area (Å²) in [6, 6.07) is 10.6. The molecule has 4 nitrogen and oxygen atoms in total. The predicted molar refractivity (Wildman–Crippen MR) is 72.1 cm³/mol. The Morgan fingerprint density at radius 1 is 1.26 bits per heavy atom. The van der Waals surface area contributed by atoms with Crippen LogP contribution in [0.25, 0.3) is 0 Å². The number of hydrogen-bond acceptors (Lipinski definition) is 3. The SMILES string of the molecule is CC(C)(C)[C@@H](C#N)CC(=O)NC(=O)c1ccccc1. The summed E-state index contributed by atoms with van der Waals surface area (Å²) in [7, 11) is 0. The number of carbonyl (C=O) groups excluding carboxylic acids is 2. The maximum Gasteiger partial charge on any atom is 0.257 e. The van der Waals surface area contributed by atoms with E-state index in [-0.39, 0.29) is 11.8 Å². The molecule has 0 saturated carbocycles. The standard InChI is InChI=1S/C15H18N2O2/c1-15(2,3)12(10-16)9-13(18)17-14(19)11-7-5-4-6-8-11/h4-8,12H,9H2,1-3H3,(H,17,18,19)/t12-/m1/s1. The van der Waals surface area contributed by atoms with Crippen LogP contribution in [0.3, 0.4) is 0 Å². The number of nitriles is 1. The van der Waals surface area contributed by atoms with E-state index in [1.165, 1.54) is 0 Å². The van der Waals surface area contributed by atoms with Gasteiger partial charge in [0.15, 0.2) is 0 Å². The lowest BCUT2D eigenvalue weighted by Gasteiger charge is -2.23. The topological polar surface area (TPSA) is 70.0 Å². The molecule has 0 aliphatic heterocycles. The third-order valence-corrected chi connectivity index (χ3v) is 2.88. The molecule has 100 valence electrons. The zero-order valence-electron chi connectivity index (χ0n) is 11.4. The molecule has 2 amide bonds. The van der Waals surface area contributed by atoms with Gasteiger partial charge in [0.05, 0.1) is 12.0 Å². The lowest BCUT2D eigenvalue weighted by atomic mass is 9.79. The molecule has 1 atom stereocenters. The Hall–Kier alpha value is -2.15. The number of benzene rings is 1. The van der Waals surface area contributed by atoms with Crippen molar-refractivity contribution >= 4 is 11.8 Å². The highest BCUT2D eigenvalue weighted by Crippen LogP contribution is 2.27. The number of rotatable bonds is 3. The van der Waals surface area contributed by atoms with Crippen molar-refractivity contribution in [3.05, 3.63) is 35.9 Å². The lowest BCUT2D eigenvalue weighted by molar-refractivity contribution is -0.121. The van der Waals surface area contributed by atoms with Crippen LogP contribution >= 0.6 is 0 Å². The van der Waals surface area contributed by atoms with E-state index in [0.29, 0.717) is 5.56 Å². The van der Waals surface area contributed by atoms with Crippen molar-refractivity contribution in [2.45, 2.75) is 27.2 Å². The molecule has 0 aliphatic rings. The quantitative estimate of drug-likeness (QED) is 0.905. The predicted octanol–water partition coefficient (Wildman–Crippen LogP) is 2.52. The second-order valence-corrected chi connectivity index (χ2v) is 5.50. The van der Waals surface area contributed by atoms with Crippen LogP contribution in [0.2, 0.25) is 0 Å². The second-order valence-electron chi connectivity index (χ2n) is 5.50. The van der Waals surface area contributed by atoms with Crippen LogP contribution < -0.4 is 5.32 Å². The maximum atomic E-state index is 11.8. The zero-order chi connectivity index (χ0) is 14.5. The van der Waals surface area contributed by atoms with Gasteiger partial charge in [0.1, 0.15) is 0 Å². The van der Waals surface area contributed by atoms with Crippen molar-refractivity contribution in [2.24, 2.45) is 11.3 Å². The van der Waals surface area contributed by atoms with Crippen molar-refractivity contribution in [1.29, 1.82) is 5.26 Å². The summed E-state index contributed by atoms with van der Waals surface area (Å²) in [6.07, 6.45) is 0.0264. The highest BCUT2D eigenvalue weighted by Gasteiger charge is 2.27. The summed E-state index contributed by atoms with van der Waals surface area (Å²) in [4.78, 5) is 23.5. The highest BCUT2D eigenvalue weighted by molar-refractivity contribution is 6.04. The average molecular weight is 258 g/mol. The van der Waals surface area contributed by atoms with Crippen LogP contribution in [0.1, 0.15) is 37.6 Å². The van der Waals surface area contributed by atoms with Gasteiger partial charge in [-0.15, -0.1) is 0 Å². The first kappa shape index (κ1) is 14.9. The fraction of sp³-hybridized carbons (Fsp3) is 0.400. The van der Waals surface area contributed by atoms with E-state index in [4.69, 9.17) is 5.26 Å². The van der Waals surface area contributed by atoms with Crippen molar-refractivity contribution in [3.63, 3.8) is 0 Å².